The van der Waals surface area contributed by atoms with Crippen LogP contribution < -0.4 is 21.2 Å². The van der Waals surface area contributed by atoms with Crippen LogP contribution in [0.3, 0.4) is 0 Å². The zero-order valence-electron chi connectivity index (χ0n) is 24.4. The van der Waals surface area contributed by atoms with Gasteiger partial charge in [0.1, 0.15) is 0 Å². The Morgan fingerprint density at radius 1 is 0.476 bits per heavy atom. The Balaban J connectivity index is 0.000000193. The molecule has 0 spiro atoms. The van der Waals surface area contributed by atoms with E-state index in [2.05, 4.69) is 192 Å². The van der Waals surface area contributed by atoms with Crippen LogP contribution >= 0.6 is 15.8 Å². The maximum Gasteiger partial charge on any atom is 2.00 e. The van der Waals surface area contributed by atoms with E-state index in [1.54, 1.807) is 0 Å². The number of hydrogen-bond acceptors (Lipinski definition) is 1. The van der Waals surface area contributed by atoms with Gasteiger partial charge >= 0.3 is 17.1 Å². The van der Waals surface area contributed by atoms with Crippen molar-refractivity contribution in [3.63, 3.8) is 0 Å². The minimum atomic E-state index is -0.514. The van der Waals surface area contributed by atoms with Gasteiger partial charge in [-0.2, -0.15) is 0 Å². The van der Waals surface area contributed by atoms with E-state index in [-0.39, 0.29) is 17.1 Å². The second-order valence-corrected chi connectivity index (χ2v) is 14.6. The standard InChI is InChI=1S/C21H23NP.C17H14P.Fe/c1-17(22(2)3)20-15-10-16-21(20)23(18-11-6-4-7-12-18)19-13-8-5-9-14-19;1-3-9-15(10-4-1)18(17-13-7-8-14-17)16-11-5-2-6-12-16;/h4-17H,1-3H3;1-14H;/q;;+2/t17-;;/m1../s1. The molecule has 2 saturated carbocycles. The molecule has 6 rings (SSSR count). The molecule has 4 aromatic carbocycles. The van der Waals surface area contributed by atoms with E-state index < -0.39 is 15.8 Å². The largest absolute Gasteiger partial charge is 2.00 e. The zero-order chi connectivity index (χ0) is 28.4. The van der Waals surface area contributed by atoms with Crippen molar-refractivity contribution in [2.24, 2.45) is 0 Å². The first-order valence-electron chi connectivity index (χ1n) is 14.1. The molecule has 4 aromatic rings. The van der Waals surface area contributed by atoms with E-state index in [4.69, 9.17) is 0 Å². The molecule has 1 nitrogen and oxygen atoms in total. The Labute approximate surface area is 268 Å². The molecule has 0 amide bonds. The molecule has 210 valence electrons. The SMILES string of the molecule is C[C@H]([C]1[CH][CH][CH][C]1P(c1ccccc1)c1ccccc1)N(C)C.[CH]1[CH][CH][C](P(c2ccccc2)c2ccccc2)[CH]1.[Fe+2]. The van der Waals surface area contributed by atoms with Gasteiger partial charge in [0.25, 0.3) is 0 Å². The minimum absolute atomic E-state index is 0. The number of nitrogens with zero attached hydrogens (tertiary/aromatic N) is 1. The average molecular weight is 626 g/mol. The predicted octanol–water partition coefficient (Wildman–Crippen LogP) is 7.28. The first-order valence-corrected chi connectivity index (χ1v) is 16.8. The third-order valence-electron chi connectivity index (χ3n) is 7.25. The molecule has 4 heteroatoms. The van der Waals surface area contributed by atoms with Crippen LogP contribution in [0.15, 0.2) is 121 Å². The summed E-state index contributed by atoms with van der Waals surface area (Å²) in [4.78, 5) is 2.28. The first-order chi connectivity index (χ1) is 20.1. The molecular weight excluding hydrogens is 588 g/mol. The van der Waals surface area contributed by atoms with Crippen LogP contribution in [0.5, 0.6) is 0 Å². The Morgan fingerprint density at radius 2 is 0.857 bits per heavy atom. The van der Waals surface area contributed by atoms with Crippen LogP contribution in [-0.2, 0) is 17.1 Å². The van der Waals surface area contributed by atoms with Gasteiger partial charge in [0.05, 0.1) is 0 Å². The molecule has 0 heterocycles. The van der Waals surface area contributed by atoms with Crippen LogP contribution in [-0.4, -0.2) is 25.0 Å². The summed E-state index contributed by atoms with van der Waals surface area (Å²) in [5.74, 6) is 1.44. The van der Waals surface area contributed by atoms with E-state index >= 15 is 0 Å². The third-order valence-corrected chi connectivity index (χ3v) is 12.2. The Morgan fingerprint density at radius 3 is 1.24 bits per heavy atom. The van der Waals surface area contributed by atoms with E-state index in [0.717, 1.165) is 0 Å². The summed E-state index contributed by atoms with van der Waals surface area (Å²) < 4.78 is 0. The van der Waals surface area contributed by atoms with Crippen molar-refractivity contribution in [2.45, 2.75) is 13.0 Å². The number of hydrogen-bond donors (Lipinski definition) is 0. The third kappa shape index (κ3) is 8.44. The van der Waals surface area contributed by atoms with Gasteiger partial charge in [-0.1, -0.05) is 121 Å². The summed E-state index contributed by atoms with van der Waals surface area (Å²) in [5, 5.41) is 5.63. The number of benzene rings is 4. The fraction of sp³-hybridized carbons (Fsp3) is 0.105. The molecule has 42 heavy (non-hydrogen) atoms. The van der Waals surface area contributed by atoms with Crippen LogP contribution in [0, 0.1) is 62.2 Å². The molecule has 0 unspecified atom stereocenters. The average Bonchev–Trinajstić information content (AvgIpc) is 3.73. The van der Waals surface area contributed by atoms with Crippen LogP contribution in [0.4, 0.5) is 0 Å². The first kappa shape index (κ1) is 33.1. The predicted molar refractivity (Wildman–Crippen MR) is 181 cm³/mol. The summed E-state index contributed by atoms with van der Waals surface area (Å²) in [6, 6.07) is 43.8. The van der Waals surface area contributed by atoms with Crippen LogP contribution in [0.25, 0.3) is 0 Å². The Bertz CT molecular complexity index is 1200. The zero-order valence-corrected chi connectivity index (χ0v) is 27.3. The van der Waals surface area contributed by atoms with Gasteiger partial charge in [-0.25, -0.2) is 0 Å². The van der Waals surface area contributed by atoms with Crippen molar-refractivity contribution in [2.75, 3.05) is 14.1 Å². The Hall–Kier alpha value is -1.78. The quantitative estimate of drug-likeness (QED) is 0.147. The minimum Gasteiger partial charge on any atom is -0.306 e. The van der Waals surface area contributed by atoms with Crippen molar-refractivity contribution in [3.8, 4) is 0 Å². The maximum atomic E-state index is 2.31. The summed E-state index contributed by atoms with van der Waals surface area (Å²) in [6.45, 7) is 2.28. The van der Waals surface area contributed by atoms with Crippen molar-refractivity contribution in [1.29, 1.82) is 0 Å². The summed E-state index contributed by atoms with van der Waals surface area (Å²) >= 11 is 0. The van der Waals surface area contributed by atoms with Gasteiger partial charge in [0.2, 0.25) is 0 Å². The van der Waals surface area contributed by atoms with Crippen molar-refractivity contribution in [1.82, 2.24) is 4.90 Å². The topological polar surface area (TPSA) is 3.24 Å². The van der Waals surface area contributed by atoms with E-state index in [1.807, 2.05) is 0 Å². The molecule has 0 N–H and O–H groups in total. The van der Waals surface area contributed by atoms with E-state index in [0.29, 0.717) is 6.04 Å². The Kier molecular flexibility index (Phi) is 13.3. The molecule has 0 saturated heterocycles. The normalized spacial score (nSPS) is 16.8. The molecule has 10 radical (unpaired) electrons. The monoisotopic (exact) mass is 625 g/mol. The van der Waals surface area contributed by atoms with E-state index in [9.17, 15) is 0 Å². The molecular formula is C38H37FeNP2+2. The van der Waals surface area contributed by atoms with Crippen molar-refractivity contribution in [3.05, 3.63) is 184 Å². The van der Waals surface area contributed by atoms with Gasteiger partial charge in [0, 0.05) is 23.3 Å². The summed E-state index contributed by atoms with van der Waals surface area (Å²) in [6.07, 6.45) is 15.5. The molecule has 0 bridgehead atoms. The number of rotatable bonds is 8. The van der Waals surface area contributed by atoms with Gasteiger partial charge in [-0.15, -0.1) is 0 Å². The van der Waals surface area contributed by atoms with Crippen LogP contribution in [0.2, 0.25) is 0 Å². The second kappa shape index (κ2) is 16.9. The van der Waals surface area contributed by atoms with Gasteiger partial charge in [0.15, 0.2) is 0 Å². The summed E-state index contributed by atoms with van der Waals surface area (Å²) in [5.41, 5.74) is 2.89. The molecule has 2 fully saturated rings. The molecule has 0 aromatic heterocycles. The molecule has 2 aliphatic rings. The van der Waals surface area contributed by atoms with Crippen molar-refractivity contribution >= 4 is 37.1 Å². The molecule has 1 atom stereocenters. The van der Waals surface area contributed by atoms with Gasteiger partial charge in [-0.05, 0) is 103 Å². The fourth-order valence-electron chi connectivity index (χ4n) is 4.96. The van der Waals surface area contributed by atoms with Crippen LogP contribution in [0.1, 0.15) is 6.92 Å². The maximum absolute atomic E-state index is 2.31. The second-order valence-electron chi connectivity index (χ2n) is 10.2. The van der Waals surface area contributed by atoms with E-state index in [1.165, 1.54) is 38.5 Å². The molecule has 0 aliphatic heterocycles. The van der Waals surface area contributed by atoms with Gasteiger partial charge in [-0.3, -0.25) is 0 Å². The molecule has 2 aliphatic carbocycles. The van der Waals surface area contributed by atoms with Crippen molar-refractivity contribution < 1.29 is 17.1 Å². The smallest absolute Gasteiger partial charge is 0.306 e. The summed E-state index contributed by atoms with van der Waals surface area (Å²) in [7, 11) is 3.37. The fourth-order valence-corrected chi connectivity index (χ4v) is 9.81. The van der Waals surface area contributed by atoms with Gasteiger partial charge < -0.3 is 4.90 Å².